The van der Waals surface area contributed by atoms with E-state index in [9.17, 15) is 8.42 Å². The molecule has 0 bridgehead atoms. The molecule has 7 heteroatoms. The van der Waals surface area contributed by atoms with Crippen molar-refractivity contribution in [3.63, 3.8) is 0 Å². The van der Waals surface area contributed by atoms with Gasteiger partial charge in [0, 0.05) is 12.4 Å². The van der Waals surface area contributed by atoms with E-state index in [2.05, 4.69) is 30.6 Å². The third kappa shape index (κ3) is 4.57. The van der Waals surface area contributed by atoms with Crippen molar-refractivity contribution in [2.24, 2.45) is 0 Å². The second-order valence-electron chi connectivity index (χ2n) is 3.00. The maximum atomic E-state index is 11.4. The highest BCUT2D eigenvalue weighted by Gasteiger charge is 2.10. The summed E-state index contributed by atoms with van der Waals surface area (Å²) in [6.45, 7) is 1.94. The van der Waals surface area contributed by atoms with E-state index in [0.29, 0.717) is 10.9 Å². The standard InChI is InChI=1S/C8H12BrN3O2S/c1-2-3-4-15(13,14)12-8-10-5-7(9)6-11-8/h5-6H,2-4H2,1H3,(H,10,11,12). The zero-order chi connectivity index (χ0) is 11.3. The van der Waals surface area contributed by atoms with Crippen molar-refractivity contribution in [1.82, 2.24) is 9.97 Å². The molecule has 0 saturated heterocycles. The molecule has 0 radical (unpaired) electrons. The summed E-state index contributed by atoms with van der Waals surface area (Å²) in [5.74, 6) is 0.206. The lowest BCUT2D eigenvalue weighted by Crippen LogP contribution is -2.18. The Morgan fingerprint density at radius 1 is 1.40 bits per heavy atom. The molecule has 0 spiro atoms. The van der Waals surface area contributed by atoms with Crippen molar-refractivity contribution in [2.45, 2.75) is 19.8 Å². The zero-order valence-corrected chi connectivity index (χ0v) is 10.7. The van der Waals surface area contributed by atoms with E-state index in [4.69, 9.17) is 0 Å². The molecule has 0 atom stereocenters. The predicted molar refractivity (Wildman–Crippen MR) is 62.0 cm³/mol. The summed E-state index contributed by atoms with van der Waals surface area (Å²) >= 11 is 3.16. The SMILES string of the molecule is CCCCS(=O)(=O)Nc1ncc(Br)cn1. The lowest BCUT2D eigenvalue weighted by Gasteiger charge is -2.04. The van der Waals surface area contributed by atoms with Crippen LogP contribution in [0.1, 0.15) is 19.8 Å². The summed E-state index contributed by atoms with van der Waals surface area (Å²) in [6, 6.07) is 0. The molecule has 0 aliphatic rings. The van der Waals surface area contributed by atoms with Crippen molar-refractivity contribution in [1.29, 1.82) is 0 Å². The van der Waals surface area contributed by atoms with Gasteiger partial charge in [-0.05, 0) is 22.4 Å². The van der Waals surface area contributed by atoms with E-state index in [1.807, 2.05) is 6.92 Å². The lowest BCUT2D eigenvalue weighted by molar-refractivity contribution is 0.597. The number of unbranched alkanes of at least 4 members (excludes halogenated alkanes) is 1. The van der Waals surface area contributed by atoms with E-state index in [1.54, 1.807) is 0 Å². The van der Waals surface area contributed by atoms with Crippen molar-refractivity contribution in [3.8, 4) is 0 Å². The number of anilines is 1. The molecule has 0 aliphatic carbocycles. The fourth-order valence-corrected chi connectivity index (χ4v) is 2.25. The average molecular weight is 294 g/mol. The van der Waals surface area contributed by atoms with Gasteiger partial charge in [-0.25, -0.2) is 18.4 Å². The van der Waals surface area contributed by atoms with Crippen LogP contribution in [0.15, 0.2) is 16.9 Å². The van der Waals surface area contributed by atoms with Crippen LogP contribution in [0.4, 0.5) is 5.95 Å². The van der Waals surface area contributed by atoms with E-state index in [1.165, 1.54) is 12.4 Å². The van der Waals surface area contributed by atoms with Crippen LogP contribution < -0.4 is 4.72 Å². The quantitative estimate of drug-likeness (QED) is 0.898. The molecule has 1 heterocycles. The van der Waals surface area contributed by atoms with E-state index >= 15 is 0 Å². The highest BCUT2D eigenvalue weighted by molar-refractivity contribution is 9.10. The maximum Gasteiger partial charge on any atom is 0.236 e. The summed E-state index contributed by atoms with van der Waals surface area (Å²) in [6.07, 6.45) is 4.45. The number of nitrogens with one attached hydrogen (secondary N) is 1. The van der Waals surface area contributed by atoms with Gasteiger partial charge >= 0.3 is 0 Å². The summed E-state index contributed by atoms with van der Waals surface area (Å²) in [7, 11) is -3.30. The highest BCUT2D eigenvalue weighted by Crippen LogP contribution is 2.08. The summed E-state index contributed by atoms with van der Waals surface area (Å²) in [4.78, 5) is 7.65. The monoisotopic (exact) mass is 293 g/mol. The Labute approximate surface area is 97.5 Å². The summed E-state index contributed by atoms with van der Waals surface area (Å²) in [5.41, 5.74) is 0. The van der Waals surface area contributed by atoms with Gasteiger partial charge in [0.1, 0.15) is 0 Å². The Bertz CT molecular complexity index is 404. The predicted octanol–water partition coefficient (Wildman–Crippen LogP) is 1.78. The van der Waals surface area contributed by atoms with E-state index < -0.39 is 10.0 Å². The first-order valence-electron chi connectivity index (χ1n) is 4.51. The largest absolute Gasteiger partial charge is 0.251 e. The van der Waals surface area contributed by atoms with Gasteiger partial charge in [-0.1, -0.05) is 13.3 Å². The molecule has 1 aromatic rings. The fourth-order valence-electron chi connectivity index (χ4n) is 0.889. The number of nitrogens with zero attached hydrogens (tertiary/aromatic N) is 2. The Morgan fingerprint density at radius 3 is 2.53 bits per heavy atom. The minimum atomic E-state index is -3.30. The molecule has 0 aliphatic heterocycles. The number of aromatic nitrogens is 2. The van der Waals surface area contributed by atoms with Crippen molar-refractivity contribution < 1.29 is 8.42 Å². The molecule has 1 N–H and O–H groups in total. The van der Waals surface area contributed by atoms with Crippen molar-refractivity contribution >= 4 is 31.9 Å². The third-order valence-electron chi connectivity index (χ3n) is 1.63. The van der Waals surface area contributed by atoms with E-state index in [0.717, 1.165) is 6.42 Å². The van der Waals surface area contributed by atoms with Gasteiger partial charge in [0.25, 0.3) is 0 Å². The molecule has 0 saturated carbocycles. The highest BCUT2D eigenvalue weighted by atomic mass is 79.9. The smallest absolute Gasteiger partial charge is 0.236 e. The first kappa shape index (κ1) is 12.4. The van der Waals surface area contributed by atoms with Gasteiger partial charge in [-0.15, -0.1) is 0 Å². The fraction of sp³-hybridized carbons (Fsp3) is 0.500. The van der Waals surface area contributed by atoms with Gasteiger partial charge in [0.15, 0.2) is 0 Å². The third-order valence-corrected chi connectivity index (χ3v) is 3.36. The summed E-state index contributed by atoms with van der Waals surface area (Å²) in [5, 5.41) is 0. The average Bonchev–Trinajstić information content (AvgIpc) is 2.18. The second kappa shape index (κ2) is 5.41. The Morgan fingerprint density at radius 2 is 2.00 bits per heavy atom. The van der Waals surface area contributed by atoms with Gasteiger partial charge in [-0.2, -0.15) is 0 Å². The first-order chi connectivity index (χ1) is 7.03. The topological polar surface area (TPSA) is 72.0 Å². The molecule has 1 rings (SSSR count). The number of hydrogen-bond acceptors (Lipinski definition) is 4. The van der Waals surface area contributed by atoms with Crippen LogP contribution in [0.2, 0.25) is 0 Å². The number of rotatable bonds is 5. The molecule has 0 aromatic carbocycles. The first-order valence-corrected chi connectivity index (χ1v) is 6.96. The molecular formula is C8H12BrN3O2S. The molecule has 1 aromatic heterocycles. The number of halogens is 1. The van der Waals surface area contributed by atoms with Crippen molar-refractivity contribution in [3.05, 3.63) is 16.9 Å². The van der Waals surface area contributed by atoms with Crippen LogP contribution in [0, 0.1) is 0 Å². The van der Waals surface area contributed by atoms with Crippen LogP contribution in [0.25, 0.3) is 0 Å². The minimum absolute atomic E-state index is 0.100. The molecule has 0 unspecified atom stereocenters. The molecule has 5 nitrogen and oxygen atoms in total. The van der Waals surface area contributed by atoms with Crippen LogP contribution in [0.3, 0.4) is 0 Å². The normalized spacial score (nSPS) is 11.3. The van der Waals surface area contributed by atoms with Crippen LogP contribution in [0.5, 0.6) is 0 Å². The van der Waals surface area contributed by atoms with E-state index in [-0.39, 0.29) is 11.7 Å². The number of hydrogen-bond donors (Lipinski definition) is 1. The molecular weight excluding hydrogens is 282 g/mol. The molecule has 84 valence electrons. The van der Waals surface area contributed by atoms with Gasteiger partial charge in [0.05, 0.1) is 10.2 Å². The van der Waals surface area contributed by atoms with Gasteiger partial charge in [-0.3, -0.25) is 4.72 Å². The Hall–Kier alpha value is -0.690. The lowest BCUT2D eigenvalue weighted by atomic mass is 10.4. The number of sulfonamides is 1. The molecule has 15 heavy (non-hydrogen) atoms. The van der Waals surface area contributed by atoms with Crippen molar-refractivity contribution in [2.75, 3.05) is 10.5 Å². The van der Waals surface area contributed by atoms with Crippen LogP contribution >= 0.6 is 15.9 Å². The maximum absolute atomic E-state index is 11.4. The van der Waals surface area contributed by atoms with Crippen LogP contribution in [-0.2, 0) is 10.0 Å². The van der Waals surface area contributed by atoms with Gasteiger partial charge in [0.2, 0.25) is 16.0 Å². The van der Waals surface area contributed by atoms with Crippen LogP contribution in [-0.4, -0.2) is 24.1 Å². The minimum Gasteiger partial charge on any atom is -0.251 e. The second-order valence-corrected chi connectivity index (χ2v) is 5.76. The summed E-state index contributed by atoms with van der Waals surface area (Å²) < 4.78 is 25.9. The molecule has 0 fully saturated rings. The zero-order valence-electron chi connectivity index (χ0n) is 8.27. The Balaban J connectivity index is 2.65. The van der Waals surface area contributed by atoms with Gasteiger partial charge < -0.3 is 0 Å². The molecule has 0 amide bonds. The Kier molecular flexibility index (Phi) is 4.46.